The Labute approximate surface area is 287 Å². The Morgan fingerprint density at radius 3 is 1.80 bits per heavy atom. The van der Waals surface area contributed by atoms with Crippen LogP contribution in [-0.2, 0) is 0 Å². The Bertz CT molecular complexity index is 2860. The van der Waals surface area contributed by atoms with Gasteiger partial charge in [-0.2, -0.15) is 0 Å². The van der Waals surface area contributed by atoms with Crippen molar-refractivity contribution in [1.29, 1.82) is 0 Å². The lowest BCUT2D eigenvalue weighted by molar-refractivity contribution is 0.669. The van der Waals surface area contributed by atoms with E-state index in [2.05, 4.69) is 114 Å². The van der Waals surface area contributed by atoms with Gasteiger partial charge in [0, 0.05) is 43.9 Å². The van der Waals surface area contributed by atoms with Crippen LogP contribution in [0.2, 0.25) is 0 Å². The van der Waals surface area contributed by atoms with Crippen LogP contribution in [0.3, 0.4) is 0 Å². The van der Waals surface area contributed by atoms with Crippen molar-refractivity contribution >= 4 is 43.7 Å². The van der Waals surface area contributed by atoms with Crippen molar-refractivity contribution in [2.24, 2.45) is 0 Å². The molecule has 0 saturated carbocycles. The molecule has 50 heavy (non-hydrogen) atoms. The second-order valence-corrected chi connectivity index (χ2v) is 12.5. The molecule has 7 aromatic carbocycles. The molecule has 0 fully saturated rings. The van der Waals surface area contributed by atoms with E-state index in [0.29, 0.717) is 17.5 Å². The summed E-state index contributed by atoms with van der Waals surface area (Å²) in [5.74, 6) is 1.83. The number of nitrogens with zero attached hydrogens (tertiary/aromatic N) is 4. The van der Waals surface area contributed by atoms with E-state index in [-0.39, 0.29) is 0 Å². The van der Waals surface area contributed by atoms with Gasteiger partial charge in [-0.3, -0.25) is 0 Å². The zero-order valence-electron chi connectivity index (χ0n) is 26.9. The van der Waals surface area contributed by atoms with E-state index >= 15 is 0 Å². The minimum Gasteiger partial charge on any atom is -0.456 e. The summed E-state index contributed by atoms with van der Waals surface area (Å²) in [4.78, 5) is 15.5. The number of rotatable bonds is 5. The van der Waals surface area contributed by atoms with E-state index in [1.807, 2.05) is 60.7 Å². The average Bonchev–Trinajstić information content (AvgIpc) is 3.74. The molecule has 0 bridgehead atoms. The molecule has 0 amide bonds. The van der Waals surface area contributed by atoms with Gasteiger partial charge < -0.3 is 8.98 Å². The number of hydrogen-bond donors (Lipinski definition) is 0. The zero-order chi connectivity index (χ0) is 33.0. The first-order chi connectivity index (χ1) is 24.8. The van der Waals surface area contributed by atoms with Gasteiger partial charge in [0.25, 0.3) is 0 Å². The number of benzene rings is 7. The summed E-state index contributed by atoms with van der Waals surface area (Å²) in [6.07, 6.45) is 0. The fourth-order valence-electron chi connectivity index (χ4n) is 7.11. The highest BCUT2D eigenvalue weighted by Gasteiger charge is 2.21. The Hall–Kier alpha value is -6.85. The van der Waals surface area contributed by atoms with Gasteiger partial charge in [-0.05, 0) is 59.7 Å². The van der Waals surface area contributed by atoms with Crippen LogP contribution in [-0.4, -0.2) is 19.5 Å². The van der Waals surface area contributed by atoms with Crippen molar-refractivity contribution in [3.8, 4) is 51.0 Å². The van der Waals surface area contributed by atoms with Crippen molar-refractivity contribution < 1.29 is 4.42 Å². The molecule has 5 heteroatoms. The SMILES string of the molecule is c1ccc(-c2ccc3c4cccc(-c5nc(-c6ccccc6)nc(-c6ccc7oc8ccccc8c7c6)n5)c4n(-c4ccccc4)c3c2)cc1. The van der Waals surface area contributed by atoms with Gasteiger partial charge in [-0.1, -0.05) is 121 Å². The van der Waals surface area contributed by atoms with Crippen molar-refractivity contribution in [3.63, 3.8) is 0 Å². The quantitative estimate of drug-likeness (QED) is 0.188. The molecule has 3 heterocycles. The van der Waals surface area contributed by atoms with Crippen LogP contribution in [0.5, 0.6) is 0 Å². The van der Waals surface area contributed by atoms with Gasteiger partial charge in [-0.25, -0.2) is 15.0 Å². The second kappa shape index (κ2) is 11.4. The lowest BCUT2D eigenvalue weighted by Crippen LogP contribution is -2.02. The largest absolute Gasteiger partial charge is 0.456 e. The summed E-state index contributed by atoms with van der Waals surface area (Å²) < 4.78 is 8.49. The van der Waals surface area contributed by atoms with Crippen LogP contribution in [0.4, 0.5) is 0 Å². The standard InChI is InChI=1S/C45H28N4O/c1-4-13-29(14-5-1)31-23-25-34-36-20-12-21-37(42(36)49(39(34)28-31)33-17-8-3-9-18-33)45-47-43(30-15-6-2-7-16-30)46-44(48-45)32-24-26-41-38(27-32)35-19-10-11-22-40(35)50-41/h1-28H. The van der Waals surface area contributed by atoms with Crippen LogP contribution < -0.4 is 0 Å². The minimum absolute atomic E-state index is 0.603. The van der Waals surface area contributed by atoms with E-state index in [1.165, 1.54) is 10.9 Å². The van der Waals surface area contributed by atoms with Crippen molar-refractivity contribution in [2.75, 3.05) is 0 Å². The Kier molecular flexibility index (Phi) is 6.42. The summed E-state index contributed by atoms with van der Waals surface area (Å²) in [5, 5.41) is 4.39. The number of aromatic nitrogens is 4. The van der Waals surface area contributed by atoms with Gasteiger partial charge in [0.1, 0.15) is 11.2 Å². The molecule has 234 valence electrons. The topological polar surface area (TPSA) is 56.7 Å². The Morgan fingerprint density at radius 1 is 0.380 bits per heavy atom. The molecule has 0 N–H and O–H groups in total. The molecule has 0 aliphatic heterocycles. The van der Waals surface area contributed by atoms with Crippen LogP contribution in [0, 0.1) is 0 Å². The number of para-hydroxylation sites is 3. The monoisotopic (exact) mass is 640 g/mol. The molecule has 0 spiro atoms. The average molecular weight is 641 g/mol. The molecular weight excluding hydrogens is 613 g/mol. The first-order valence-electron chi connectivity index (χ1n) is 16.7. The highest BCUT2D eigenvalue weighted by Crippen LogP contribution is 2.40. The number of furan rings is 1. The molecule has 0 atom stereocenters. The minimum atomic E-state index is 0.603. The maximum atomic E-state index is 6.14. The highest BCUT2D eigenvalue weighted by molar-refractivity contribution is 6.14. The zero-order valence-corrected chi connectivity index (χ0v) is 26.9. The lowest BCUT2D eigenvalue weighted by atomic mass is 10.0. The van der Waals surface area contributed by atoms with Crippen LogP contribution >= 0.6 is 0 Å². The lowest BCUT2D eigenvalue weighted by Gasteiger charge is -2.13. The molecule has 0 saturated heterocycles. The summed E-state index contributed by atoms with van der Waals surface area (Å²) in [7, 11) is 0. The van der Waals surface area contributed by atoms with Crippen molar-refractivity contribution in [2.45, 2.75) is 0 Å². The third kappa shape index (κ3) is 4.60. The van der Waals surface area contributed by atoms with Gasteiger partial charge in [0.15, 0.2) is 17.5 Å². The molecule has 5 nitrogen and oxygen atoms in total. The maximum absolute atomic E-state index is 6.14. The van der Waals surface area contributed by atoms with E-state index in [1.54, 1.807) is 0 Å². The summed E-state index contributed by atoms with van der Waals surface area (Å²) >= 11 is 0. The Balaban J connectivity index is 1.26. The summed E-state index contributed by atoms with van der Waals surface area (Å²) in [6.45, 7) is 0. The Morgan fingerprint density at radius 2 is 1.00 bits per heavy atom. The number of hydrogen-bond acceptors (Lipinski definition) is 4. The third-order valence-electron chi connectivity index (χ3n) is 9.45. The first-order valence-corrected chi connectivity index (χ1v) is 16.7. The van der Waals surface area contributed by atoms with Crippen molar-refractivity contribution in [3.05, 3.63) is 170 Å². The predicted molar refractivity (Wildman–Crippen MR) is 203 cm³/mol. The second-order valence-electron chi connectivity index (χ2n) is 12.5. The molecule has 0 unspecified atom stereocenters. The van der Waals surface area contributed by atoms with Crippen molar-refractivity contribution in [1.82, 2.24) is 19.5 Å². The fraction of sp³-hybridized carbons (Fsp3) is 0. The van der Waals surface area contributed by atoms with Gasteiger partial charge in [-0.15, -0.1) is 0 Å². The van der Waals surface area contributed by atoms with E-state index in [0.717, 1.165) is 66.3 Å². The van der Waals surface area contributed by atoms with Crippen LogP contribution in [0.25, 0.3) is 94.7 Å². The molecule has 0 aliphatic rings. The molecule has 0 radical (unpaired) electrons. The third-order valence-corrected chi connectivity index (χ3v) is 9.45. The van der Waals surface area contributed by atoms with E-state index in [9.17, 15) is 0 Å². The summed E-state index contributed by atoms with van der Waals surface area (Å²) in [5.41, 5.74) is 10.0. The smallest absolute Gasteiger partial charge is 0.166 e. The number of fused-ring (bicyclic) bond motifs is 6. The summed E-state index contributed by atoms with van der Waals surface area (Å²) in [6, 6.07) is 58.6. The maximum Gasteiger partial charge on any atom is 0.166 e. The first kappa shape index (κ1) is 28.2. The molecule has 10 rings (SSSR count). The van der Waals surface area contributed by atoms with Gasteiger partial charge in [0.2, 0.25) is 0 Å². The molecule has 3 aromatic heterocycles. The van der Waals surface area contributed by atoms with E-state index in [4.69, 9.17) is 19.4 Å². The van der Waals surface area contributed by atoms with Crippen LogP contribution in [0.1, 0.15) is 0 Å². The highest BCUT2D eigenvalue weighted by atomic mass is 16.3. The fourth-order valence-corrected chi connectivity index (χ4v) is 7.11. The van der Waals surface area contributed by atoms with Crippen LogP contribution in [0.15, 0.2) is 174 Å². The predicted octanol–water partition coefficient (Wildman–Crippen LogP) is 11.5. The molecular formula is C45H28N4O. The van der Waals surface area contributed by atoms with Gasteiger partial charge >= 0.3 is 0 Å². The molecule has 0 aliphatic carbocycles. The normalized spacial score (nSPS) is 11.6. The van der Waals surface area contributed by atoms with Gasteiger partial charge in [0.05, 0.1) is 11.0 Å². The van der Waals surface area contributed by atoms with E-state index < -0.39 is 0 Å². The molecule has 10 aromatic rings.